The van der Waals surface area contributed by atoms with Gasteiger partial charge in [0.05, 0.1) is 18.5 Å². The Morgan fingerprint density at radius 1 is 1.09 bits per heavy atom. The van der Waals surface area contributed by atoms with Gasteiger partial charge in [-0.1, -0.05) is 59.2 Å². The fourth-order valence-corrected chi connectivity index (χ4v) is 7.41. The number of piperazine rings is 1. The van der Waals surface area contributed by atoms with E-state index in [9.17, 15) is 0 Å². The lowest BCUT2D eigenvalue weighted by Gasteiger charge is -2.36. The maximum absolute atomic E-state index is 5.30. The Labute approximate surface area is 229 Å². The van der Waals surface area contributed by atoms with E-state index in [2.05, 4.69) is 59.6 Å². The second kappa shape index (κ2) is 13.1. The van der Waals surface area contributed by atoms with Crippen LogP contribution in [0.5, 0.6) is 5.75 Å². The molecule has 0 amide bonds. The van der Waals surface area contributed by atoms with Crippen molar-refractivity contribution in [2.75, 3.05) is 31.6 Å². The lowest BCUT2D eigenvalue weighted by atomic mass is 10.0. The van der Waals surface area contributed by atoms with Crippen molar-refractivity contribution in [2.24, 2.45) is 0 Å². The van der Waals surface area contributed by atoms with Crippen molar-refractivity contribution >= 4 is 58.2 Å². The van der Waals surface area contributed by atoms with Crippen molar-refractivity contribution in [1.29, 1.82) is 0 Å². The third-order valence-electron chi connectivity index (χ3n) is 6.43. The van der Waals surface area contributed by atoms with Crippen LogP contribution in [0.2, 0.25) is 0 Å². The van der Waals surface area contributed by atoms with Crippen molar-refractivity contribution in [1.82, 2.24) is 10.3 Å². The Kier molecular flexibility index (Phi) is 10.5. The van der Waals surface area contributed by atoms with Gasteiger partial charge in [-0.3, -0.25) is 4.98 Å². The smallest absolute Gasteiger partial charge is 0.118 e. The van der Waals surface area contributed by atoms with E-state index in [-0.39, 0.29) is 24.8 Å². The van der Waals surface area contributed by atoms with Crippen LogP contribution < -0.4 is 15.0 Å². The molecule has 0 unspecified atom stereocenters. The Hall–Kier alpha value is -1.57. The van der Waals surface area contributed by atoms with Crippen LogP contribution in [0.3, 0.4) is 0 Å². The molecule has 1 aromatic carbocycles. The van der Waals surface area contributed by atoms with Gasteiger partial charge < -0.3 is 15.0 Å². The molecule has 0 bridgehead atoms. The van der Waals surface area contributed by atoms with E-state index < -0.39 is 0 Å². The highest BCUT2D eigenvalue weighted by Gasteiger charge is 2.31. The summed E-state index contributed by atoms with van der Waals surface area (Å²) in [4.78, 5) is 10.3. The zero-order chi connectivity index (χ0) is 22.6. The number of aromatic nitrogens is 1. The monoisotopic (exact) mass is 549 g/mol. The van der Waals surface area contributed by atoms with E-state index in [0.29, 0.717) is 6.04 Å². The van der Waals surface area contributed by atoms with Gasteiger partial charge in [-0.2, -0.15) is 0 Å². The molecule has 8 heteroatoms. The van der Waals surface area contributed by atoms with E-state index in [1.165, 1.54) is 38.6 Å². The molecule has 4 aliphatic rings. The maximum Gasteiger partial charge on any atom is 0.118 e. The predicted molar refractivity (Wildman–Crippen MR) is 157 cm³/mol. The van der Waals surface area contributed by atoms with E-state index >= 15 is 0 Å². The number of halogens is 2. The van der Waals surface area contributed by atoms with Gasteiger partial charge in [-0.05, 0) is 54.0 Å². The van der Waals surface area contributed by atoms with E-state index in [1.807, 2.05) is 33.9 Å². The van der Waals surface area contributed by atoms with Crippen molar-refractivity contribution in [3.63, 3.8) is 0 Å². The number of benzene rings is 1. The average molecular weight is 551 g/mol. The standard InChI is InChI=1S/C27H31N3OS2.2ClH/c1-3-6-22-17-24-26(25-23(27(24)33-32-22)7-4-5-14-29-25)30-16-15-28-20(18-30)11-8-19-9-12-21(31-2)13-10-19;;/h4-5,7,9-10,12-14,17,20,28H,3,6,8,11,15-16,18H2,1-2H3;2*1H/t20-;;/m0../s1. The number of hydrogen-bond donors (Lipinski definition) is 1. The topological polar surface area (TPSA) is 37.4 Å². The molecule has 3 heterocycles. The lowest BCUT2D eigenvalue weighted by molar-refractivity contribution is 0.414. The fourth-order valence-electron chi connectivity index (χ4n) is 4.76. The van der Waals surface area contributed by atoms with E-state index in [1.54, 1.807) is 7.11 Å². The largest absolute Gasteiger partial charge is 0.497 e. The first-order valence-electron chi connectivity index (χ1n) is 11.8. The van der Waals surface area contributed by atoms with Gasteiger partial charge in [0, 0.05) is 47.9 Å². The molecule has 5 rings (SSSR count). The van der Waals surface area contributed by atoms with Gasteiger partial charge in [0.15, 0.2) is 0 Å². The lowest BCUT2D eigenvalue weighted by Crippen LogP contribution is -2.51. The first-order chi connectivity index (χ1) is 16.3. The second-order valence-electron chi connectivity index (χ2n) is 8.69. The minimum absolute atomic E-state index is 0. The van der Waals surface area contributed by atoms with Gasteiger partial charge in [-0.25, -0.2) is 0 Å². The number of fused-ring (bicyclic) bond motifs is 3. The molecular formula is C27H33Cl2N3OS2. The number of nitrogens with one attached hydrogen (secondary N) is 1. The highest BCUT2D eigenvalue weighted by Crippen LogP contribution is 2.56. The van der Waals surface area contributed by atoms with Crippen LogP contribution in [-0.4, -0.2) is 37.8 Å². The van der Waals surface area contributed by atoms with Crippen molar-refractivity contribution in [3.8, 4) is 17.0 Å². The summed E-state index contributed by atoms with van der Waals surface area (Å²) in [7, 11) is 5.55. The number of methoxy groups -OCH3 is 1. The van der Waals surface area contributed by atoms with Gasteiger partial charge in [0.1, 0.15) is 5.75 Å². The fraction of sp³-hybridized carbons (Fsp3) is 0.370. The zero-order valence-corrected chi connectivity index (χ0v) is 23.4. The number of hydrogen-bond acceptors (Lipinski definition) is 6. The summed E-state index contributed by atoms with van der Waals surface area (Å²) < 4.78 is 5.30. The summed E-state index contributed by atoms with van der Waals surface area (Å²) in [5.74, 6) is 0.917. The third-order valence-corrected chi connectivity index (χ3v) is 9.05. The molecule has 3 aliphatic heterocycles. The minimum atomic E-state index is 0. The molecular weight excluding hydrogens is 517 g/mol. The van der Waals surface area contributed by atoms with Crippen molar-refractivity contribution in [2.45, 2.75) is 43.5 Å². The molecule has 1 saturated heterocycles. The Morgan fingerprint density at radius 2 is 1.91 bits per heavy atom. The van der Waals surface area contributed by atoms with Gasteiger partial charge in [0.25, 0.3) is 0 Å². The number of nitrogens with zero attached hydrogens (tertiary/aromatic N) is 2. The van der Waals surface area contributed by atoms with Crippen molar-refractivity contribution in [3.05, 3.63) is 64.7 Å². The quantitative estimate of drug-likeness (QED) is 0.310. The highest BCUT2D eigenvalue weighted by molar-refractivity contribution is 8.78. The number of allylic oxidation sites excluding steroid dienone is 1. The SMILES string of the molecule is CCCC1=Cc2c(c3ccccnc-3c2N2CCN[C@@H](CCc3ccc(OC)cc3)C2)SS1.Cl.Cl. The molecule has 1 aromatic rings. The van der Waals surface area contributed by atoms with Gasteiger partial charge in [0.2, 0.25) is 0 Å². The molecule has 0 aromatic heterocycles. The maximum atomic E-state index is 5.30. The zero-order valence-electron chi connectivity index (χ0n) is 20.2. The Morgan fingerprint density at radius 3 is 2.69 bits per heavy atom. The van der Waals surface area contributed by atoms with Crippen LogP contribution in [0.4, 0.5) is 5.69 Å². The average Bonchev–Trinajstić information content (AvgIpc) is 2.97. The number of rotatable bonds is 7. The summed E-state index contributed by atoms with van der Waals surface area (Å²) >= 11 is 0. The molecule has 0 saturated carbocycles. The third kappa shape index (κ3) is 6.23. The predicted octanol–water partition coefficient (Wildman–Crippen LogP) is 7.34. The normalized spacial score (nSPS) is 17.1. The molecule has 0 spiro atoms. The molecule has 1 atom stereocenters. The Bertz CT molecular complexity index is 1110. The summed E-state index contributed by atoms with van der Waals surface area (Å²) in [6.07, 6.45) is 8.88. The highest BCUT2D eigenvalue weighted by atomic mass is 35.5. The summed E-state index contributed by atoms with van der Waals surface area (Å²) in [6, 6.07) is 15.3. The Balaban J connectivity index is 0.00000171. The van der Waals surface area contributed by atoms with Gasteiger partial charge >= 0.3 is 0 Å². The van der Waals surface area contributed by atoms with Crippen molar-refractivity contribution < 1.29 is 4.74 Å². The molecule has 1 fully saturated rings. The number of aryl methyl sites for hydroxylation is 1. The van der Waals surface area contributed by atoms with Crippen LogP contribution in [0.15, 0.2) is 58.5 Å². The first kappa shape index (κ1) is 28.0. The molecule has 1 aliphatic carbocycles. The number of ether oxygens (including phenoxy) is 1. The van der Waals surface area contributed by atoms with Crippen LogP contribution in [-0.2, 0) is 6.42 Å². The first-order valence-corrected chi connectivity index (χ1v) is 14.0. The summed E-state index contributed by atoms with van der Waals surface area (Å²) in [6.45, 7) is 5.28. The molecule has 0 radical (unpaired) electrons. The summed E-state index contributed by atoms with van der Waals surface area (Å²) in [5, 5.41) is 3.76. The number of anilines is 1. The molecule has 35 heavy (non-hydrogen) atoms. The van der Waals surface area contributed by atoms with E-state index in [0.717, 1.165) is 50.3 Å². The van der Waals surface area contributed by atoms with Crippen LogP contribution in [0.25, 0.3) is 17.3 Å². The second-order valence-corrected chi connectivity index (χ2v) is 11.0. The molecule has 4 nitrogen and oxygen atoms in total. The van der Waals surface area contributed by atoms with Crippen LogP contribution in [0, 0.1) is 0 Å². The summed E-state index contributed by atoms with van der Waals surface area (Å²) in [5.41, 5.74) is 6.49. The van der Waals surface area contributed by atoms with E-state index in [4.69, 9.17) is 9.72 Å². The van der Waals surface area contributed by atoms with Crippen LogP contribution in [0.1, 0.15) is 37.3 Å². The minimum Gasteiger partial charge on any atom is -0.497 e. The molecule has 1 N–H and O–H groups in total. The van der Waals surface area contributed by atoms with Gasteiger partial charge in [-0.15, -0.1) is 24.8 Å². The van der Waals surface area contributed by atoms with Crippen LogP contribution >= 0.6 is 46.4 Å². The molecule has 188 valence electrons.